The number of fused-ring (bicyclic) bond motifs is 1. The lowest BCUT2D eigenvalue weighted by Crippen LogP contribution is -2.37. The molecule has 0 saturated carbocycles. The quantitative estimate of drug-likeness (QED) is 0.866. The molecule has 1 aliphatic rings. The molecular weight excluding hydrogens is 288 g/mol. The fraction of sp³-hybridized carbons (Fsp3) is 0.600. The normalized spacial score (nSPS) is 20.1. The van der Waals surface area contributed by atoms with Gasteiger partial charge < -0.3 is 9.64 Å². The first-order chi connectivity index (χ1) is 9.93. The Morgan fingerprint density at radius 1 is 1.43 bits per heavy atom. The average molecular weight is 312 g/mol. The fourth-order valence-corrected chi connectivity index (χ4v) is 4.01. The molecule has 1 aliphatic heterocycles. The van der Waals surface area contributed by atoms with Gasteiger partial charge in [-0.1, -0.05) is 18.2 Å². The smallest absolute Gasteiger partial charge is 0.214 e. The highest BCUT2D eigenvalue weighted by Gasteiger charge is 2.24. The van der Waals surface area contributed by atoms with Crippen molar-refractivity contribution in [3.63, 3.8) is 0 Å². The molecule has 118 valence electrons. The van der Waals surface area contributed by atoms with Gasteiger partial charge in [-0.2, -0.15) is 0 Å². The molecule has 1 aromatic carbocycles. The molecule has 6 heteroatoms. The van der Waals surface area contributed by atoms with Gasteiger partial charge in [0.05, 0.1) is 11.9 Å². The van der Waals surface area contributed by atoms with E-state index in [-0.39, 0.29) is 17.8 Å². The predicted molar refractivity (Wildman–Crippen MR) is 85.3 cm³/mol. The summed E-state index contributed by atoms with van der Waals surface area (Å²) in [6.45, 7) is 3.14. The van der Waals surface area contributed by atoms with Crippen molar-refractivity contribution in [3.05, 3.63) is 29.8 Å². The number of benzene rings is 1. The second-order valence-corrected chi connectivity index (χ2v) is 7.49. The van der Waals surface area contributed by atoms with Crippen molar-refractivity contribution >= 4 is 15.7 Å². The predicted octanol–water partition coefficient (Wildman–Crippen LogP) is 1.56. The van der Waals surface area contributed by atoms with E-state index < -0.39 is 10.0 Å². The van der Waals surface area contributed by atoms with Crippen LogP contribution >= 0.6 is 0 Å². The third kappa shape index (κ3) is 4.18. The number of hydrogen-bond acceptors (Lipinski definition) is 4. The van der Waals surface area contributed by atoms with Crippen molar-refractivity contribution < 1.29 is 13.2 Å². The van der Waals surface area contributed by atoms with Gasteiger partial charge in [0.1, 0.15) is 0 Å². The molecule has 0 saturated heterocycles. The topological polar surface area (TPSA) is 58.6 Å². The Hall–Kier alpha value is -1.11. The van der Waals surface area contributed by atoms with Crippen LogP contribution in [-0.2, 0) is 14.8 Å². The van der Waals surface area contributed by atoms with Crippen molar-refractivity contribution in [2.75, 3.05) is 37.9 Å². The molecule has 0 spiro atoms. The van der Waals surface area contributed by atoms with Crippen LogP contribution in [0.2, 0.25) is 0 Å². The van der Waals surface area contributed by atoms with Crippen LogP contribution in [0.4, 0.5) is 5.69 Å². The number of nitrogens with one attached hydrogen (secondary N) is 1. The van der Waals surface area contributed by atoms with Gasteiger partial charge >= 0.3 is 0 Å². The molecule has 0 fully saturated rings. The molecule has 2 atom stereocenters. The maximum absolute atomic E-state index is 12.0. The highest BCUT2D eigenvalue weighted by molar-refractivity contribution is 7.89. The highest BCUT2D eigenvalue weighted by atomic mass is 32.2. The Morgan fingerprint density at radius 3 is 2.86 bits per heavy atom. The molecule has 0 unspecified atom stereocenters. The third-order valence-corrected chi connectivity index (χ3v) is 5.52. The molecule has 1 heterocycles. The molecule has 21 heavy (non-hydrogen) atoms. The van der Waals surface area contributed by atoms with Crippen LogP contribution in [0.25, 0.3) is 0 Å². The molecule has 1 aromatic rings. The van der Waals surface area contributed by atoms with E-state index >= 15 is 0 Å². The van der Waals surface area contributed by atoms with Gasteiger partial charge in [-0.25, -0.2) is 13.1 Å². The van der Waals surface area contributed by atoms with Crippen molar-refractivity contribution in [1.82, 2.24) is 4.72 Å². The largest absolute Gasteiger partial charge is 0.381 e. The average Bonchev–Trinajstić information content (AvgIpc) is 2.46. The van der Waals surface area contributed by atoms with Crippen molar-refractivity contribution in [2.45, 2.75) is 25.4 Å². The Balaban J connectivity index is 2.03. The Kier molecular flexibility index (Phi) is 5.24. The van der Waals surface area contributed by atoms with E-state index in [1.807, 2.05) is 12.1 Å². The summed E-state index contributed by atoms with van der Waals surface area (Å²) in [7, 11) is 0.293. The molecule has 0 aliphatic carbocycles. The maximum Gasteiger partial charge on any atom is 0.214 e. The van der Waals surface area contributed by atoms with E-state index in [0.717, 1.165) is 13.0 Å². The number of hydrogen-bond donors (Lipinski definition) is 1. The molecular formula is C15H24N2O3S. The number of para-hydroxylation sites is 1. The first-order valence-corrected chi connectivity index (χ1v) is 8.88. The minimum atomic E-state index is -3.30. The summed E-state index contributed by atoms with van der Waals surface area (Å²) in [6.07, 6.45) is 0.655. The van der Waals surface area contributed by atoms with Crippen molar-refractivity contribution in [1.29, 1.82) is 0 Å². The second kappa shape index (κ2) is 6.77. The third-order valence-electron chi connectivity index (χ3n) is 4.01. The van der Waals surface area contributed by atoms with Crippen LogP contribution in [0, 0.1) is 0 Å². The lowest BCUT2D eigenvalue weighted by Gasteiger charge is -2.33. The Labute approximate surface area is 127 Å². The van der Waals surface area contributed by atoms with Crippen LogP contribution in [0.5, 0.6) is 0 Å². The summed E-state index contributed by atoms with van der Waals surface area (Å²) in [5.41, 5.74) is 2.41. The summed E-state index contributed by atoms with van der Waals surface area (Å²) >= 11 is 0. The molecule has 2 rings (SSSR count). The second-order valence-electron chi connectivity index (χ2n) is 5.64. The van der Waals surface area contributed by atoms with Crippen LogP contribution in [0.15, 0.2) is 24.3 Å². The van der Waals surface area contributed by atoms with Gasteiger partial charge in [-0.15, -0.1) is 0 Å². The van der Waals surface area contributed by atoms with Crippen LogP contribution in [0.3, 0.4) is 0 Å². The number of rotatable bonds is 6. The Morgan fingerprint density at radius 2 is 2.14 bits per heavy atom. The summed E-state index contributed by atoms with van der Waals surface area (Å²) in [5.74, 6) is 0.225. The van der Waals surface area contributed by atoms with Gasteiger partial charge in [0.25, 0.3) is 0 Å². The molecule has 0 aromatic heterocycles. The number of nitrogens with zero attached hydrogens (tertiary/aromatic N) is 1. The minimum absolute atomic E-state index is 0.00221. The first-order valence-electron chi connectivity index (χ1n) is 7.23. The lowest BCUT2D eigenvalue weighted by molar-refractivity contribution is 0.136. The standard InChI is InChI=1S/C15H24N2O3S/c1-12(20-3)11-21(18,19)16-10-13-8-9-17(2)15-7-5-4-6-14(13)15/h4-7,12-13,16H,8-11H2,1-3H3/t12-,13-/m0/s1. The van der Waals surface area contributed by atoms with E-state index in [4.69, 9.17) is 4.74 Å². The maximum atomic E-state index is 12.0. The molecule has 0 amide bonds. The molecule has 0 bridgehead atoms. The van der Waals surface area contributed by atoms with Gasteiger partial charge in [0, 0.05) is 38.9 Å². The van der Waals surface area contributed by atoms with Gasteiger partial charge in [-0.3, -0.25) is 0 Å². The zero-order valence-corrected chi connectivity index (χ0v) is 13.7. The molecule has 1 N–H and O–H groups in total. The summed E-state index contributed by atoms with van der Waals surface area (Å²) in [4.78, 5) is 2.22. The van der Waals surface area contributed by atoms with Gasteiger partial charge in [0.2, 0.25) is 10.0 Å². The van der Waals surface area contributed by atoms with E-state index in [0.29, 0.717) is 6.54 Å². The first kappa shape index (κ1) is 16.3. The van der Waals surface area contributed by atoms with Gasteiger partial charge in [-0.05, 0) is 25.0 Å². The number of methoxy groups -OCH3 is 1. The zero-order valence-electron chi connectivity index (χ0n) is 12.9. The fourth-order valence-electron chi connectivity index (χ4n) is 2.68. The van der Waals surface area contributed by atoms with Gasteiger partial charge in [0.15, 0.2) is 0 Å². The van der Waals surface area contributed by atoms with E-state index in [2.05, 4.69) is 28.8 Å². The number of ether oxygens (including phenoxy) is 1. The SMILES string of the molecule is CO[C@@H](C)CS(=O)(=O)NC[C@@H]1CCN(C)c2ccccc21. The Bertz CT molecular complexity index is 574. The van der Waals surface area contributed by atoms with E-state index in [9.17, 15) is 8.42 Å². The lowest BCUT2D eigenvalue weighted by atomic mass is 9.90. The van der Waals surface area contributed by atoms with Crippen LogP contribution < -0.4 is 9.62 Å². The molecule has 0 radical (unpaired) electrons. The zero-order chi connectivity index (χ0) is 15.5. The van der Waals surface area contributed by atoms with E-state index in [1.54, 1.807) is 6.92 Å². The number of anilines is 1. The highest BCUT2D eigenvalue weighted by Crippen LogP contribution is 2.33. The van der Waals surface area contributed by atoms with Crippen LogP contribution in [-0.4, -0.2) is 47.5 Å². The monoisotopic (exact) mass is 312 g/mol. The summed E-state index contributed by atoms with van der Waals surface area (Å²) < 4.78 is 31.8. The summed E-state index contributed by atoms with van der Waals surface area (Å²) in [6, 6.07) is 8.19. The van der Waals surface area contributed by atoms with Crippen molar-refractivity contribution in [3.8, 4) is 0 Å². The van der Waals surface area contributed by atoms with Crippen molar-refractivity contribution in [2.24, 2.45) is 0 Å². The summed E-state index contributed by atoms with van der Waals surface area (Å²) in [5, 5.41) is 0. The van der Waals surface area contributed by atoms with E-state index in [1.165, 1.54) is 18.4 Å². The molecule has 5 nitrogen and oxygen atoms in total. The minimum Gasteiger partial charge on any atom is -0.381 e. The number of sulfonamides is 1. The van der Waals surface area contributed by atoms with Crippen LogP contribution in [0.1, 0.15) is 24.8 Å².